The van der Waals surface area contributed by atoms with Crippen molar-refractivity contribution in [1.82, 2.24) is 0 Å². The molecule has 1 N–H and O–H groups in total. The van der Waals surface area contributed by atoms with Gasteiger partial charge in [-0.05, 0) is 30.1 Å². The van der Waals surface area contributed by atoms with Crippen LogP contribution in [0.1, 0.15) is 11.1 Å². The summed E-state index contributed by atoms with van der Waals surface area (Å²) in [6, 6.07) is 4.90. The van der Waals surface area contributed by atoms with Crippen LogP contribution in [0.5, 0.6) is 0 Å². The van der Waals surface area contributed by atoms with Crippen LogP contribution >= 0.6 is 10.0 Å². The summed E-state index contributed by atoms with van der Waals surface area (Å²) >= 11 is 0. The second-order valence-corrected chi connectivity index (χ2v) is 7.88. The maximum atomic E-state index is 13.6. The highest BCUT2D eigenvalue weighted by Gasteiger charge is 2.05. The molecule has 0 aliphatic rings. The maximum absolute atomic E-state index is 13.6. The van der Waals surface area contributed by atoms with Gasteiger partial charge in [0.1, 0.15) is 5.82 Å². The van der Waals surface area contributed by atoms with Gasteiger partial charge in [-0.25, -0.2) is 4.39 Å². The van der Waals surface area contributed by atoms with E-state index in [4.69, 9.17) is 5.11 Å². The van der Waals surface area contributed by atoms with Crippen LogP contribution in [0.4, 0.5) is 4.39 Å². The van der Waals surface area contributed by atoms with Crippen molar-refractivity contribution in [2.45, 2.75) is 6.61 Å². The van der Waals surface area contributed by atoms with Gasteiger partial charge in [0.15, 0.2) is 0 Å². The van der Waals surface area contributed by atoms with E-state index in [-0.39, 0.29) is 6.61 Å². The molecule has 0 saturated heterocycles. The van der Waals surface area contributed by atoms with Crippen LogP contribution in [0.25, 0.3) is 0 Å². The molecule has 0 spiro atoms. The van der Waals surface area contributed by atoms with E-state index in [1.54, 1.807) is 18.2 Å². The van der Waals surface area contributed by atoms with E-state index in [1.165, 1.54) is 0 Å². The third-order valence-corrected chi connectivity index (χ3v) is 2.46. The Kier molecular flexibility index (Phi) is 3.78. The Morgan fingerprint density at radius 1 is 1.33 bits per heavy atom. The summed E-state index contributed by atoms with van der Waals surface area (Å²) < 4.78 is 13.6. The molecule has 1 rings (SSSR count). The van der Waals surface area contributed by atoms with E-state index in [9.17, 15) is 4.39 Å². The first-order chi connectivity index (χ1) is 6.94. The standard InChI is InChI=1S/C12H15FOS/c1-15(2,3)8-7-10-5-4-6-11(9-14)12(10)13/h4-6,14H,9H2,1-3H3. The quantitative estimate of drug-likeness (QED) is 0.729. The Labute approximate surface area is 91.6 Å². The van der Waals surface area contributed by atoms with Crippen molar-refractivity contribution in [2.75, 3.05) is 18.8 Å². The second kappa shape index (κ2) is 4.69. The molecule has 0 fully saturated rings. The van der Waals surface area contributed by atoms with E-state index in [0.717, 1.165) is 0 Å². The molecule has 0 unspecified atom stereocenters. The smallest absolute Gasteiger partial charge is 0.144 e. The first-order valence-corrected chi connectivity index (χ1v) is 7.39. The highest BCUT2D eigenvalue weighted by molar-refractivity contribution is 8.35. The predicted molar refractivity (Wildman–Crippen MR) is 64.6 cm³/mol. The molecule has 0 radical (unpaired) electrons. The molecule has 0 aliphatic heterocycles. The van der Waals surface area contributed by atoms with Crippen LogP contribution in [-0.2, 0) is 6.61 Å². The maximum Gasteiger partial charge on any atom is 0.144 e. The van der Waals surface area contributed by atoms with Crippen LogP contribution in [0.15, 0.2) is 18.2 Å². The lowest BCUT2D eigenvalue weighted by molar-refractivity contribution is 0.275. The van der Waals surface area contributed by atoms with Crippen LogP contribution < -0.4 is 0 Å². The predicted octanol–water partition coefficient (Wildman–Crippen LogP) is 2.32. The number of halogens is 1. The Bertz CT molecular complexity index is 410. The zero-order chi connectivity index (χ0) is 11.5. The highest BCUT2D eigenvalue weighted by Crippen LogP contribution is 2.32. The minimum absolute atomic E-state index is 0.288. The summed E-state index contributed by atoms with van der Waals surface area (Å²) in [5.74, 6) is 2.42. The summed E-state index contributed by atoms with van der Waals surface area (Å²) in [7, 11) is -0.949. The average Bonchev–Trinajstić information content (AvgIpc) is 2.15. The number of hydrogen-bond donors (Lipinski definition) is 1. The van der Waals surface area contributed by atoms with Crippen molar-refractivity contribution in [3.05, 3.63) is 35.1 Å². The molecule has 1 nitrogen and oxygen atoms in total. The Balaban J connectivity index is 3.10. The molecular formula is C12H15FOS. The fourth-order valence-electron chi connectivity index (χ4n) is 1.01. The first kappa shape index (κ1) is 12.1. The molecule has 0 saturated carbocycles. The largest absolute Gasteiger partial charge is 0.392 e. The molecule has 1 aromatic rings. The van der Waals surface area contributed by atoms with Gasteiger partial charge < -0.3 is 5.11 Å². The van der Waals surface area contributed by atoms with E-state index < -0.39 is 15.8 Å². The summed E-state index contributed by atoms with van der Waals surface area (Å²) in [6.45, 7) is -0.288. The molecule has 15 heavy (non-hydrogen) atoms. The first-order valence-electron chi connectivity index (χ1n) is 4.53. The third-order valence-electron chi connectivity index (χ3n) is 1.74. The molecule has 0 heterocycles. The van der Waals surface area contributed by atoms with Gasteiger partial charge in [0, 0.05) is 5.56 Å². The van der Waals surface area contributed by atoms with Gasteiger partial charge in [-0.3, -0.25) is 0 Å². The minimum Gasteiger partial charge on any atom is -0.392 e. The number of rotatable bonds is 1. The van der Waals surface area contributed by atoms with Gasteiger partial charge in [-0.15, -0.1) is 0 Å². The number of hydrogen-bond acceptors (Lipinski definition) is 1. The second-order valence-electron chi connectivity index (χ2n) is 4.00. The summed E-state index contributed by atoms with van der Waals surface area (Å²) in [6.07, 6.45) is 6.15. The van der Waals surface area contributed by atoms with E-state index >= 15 is 0 Å². The van der Waals surface area contributed by atoms with Gasteiger partial charge in [0.05, 0.1) is 12.2 Å². The van der Waals surface area contributed by atoms with Gasteiger partial charge in [0.25, 0.3) is 0 Å². The van der Waals surface area contributed by atoms with E-state index in [0.29, 0.717) is 11.1 Å². The minimum atomic E-state index is -0.949. The van der Waals surface area contributed by atoms with Crippen molar-refractivity contribution < 1.29 is 9.50 Å². The molecule has 0 aromatic heterocycles. The van der Waals surface area contributed by atoms with Gasteiger partial charge in [-0.2, -0.15) is 10.0 Å². The summed E-state index contributed by atoms with van der Waals surface area (Å²) in [5.41, 5.74) is 0.662. The molecule has 0 bridgehead atoms. The van der Waals surface area contributed by atoms with Crippen molar-refractivity contribution in [2.24, 2.45) is 0 Å². The fourth-order valence-corrected chi connectivity index (χ4v) is 1.42. The van der Waals surface area contributed by atoms with Crippen molar-refractivity contribution in [3.8, 4) is 11.2 Å². The molecule has 3 heteroatoms. The van der Waals surface area contributed by atoms with Crippen molar-refractivity contribution >= 4 is 10.0 Å². The van der Waals surface area contributed by atoms with Crippen molar-refractivity contribution in [1.29, 1.82) is 0 Å². The van der Waals surface area contributed by atoms with Gasteiger partial charge in [-0.1, -0.05) is 18.1 Å². The Morgan fingerprint density at radius 2 is 2.00 bits per heavy atom. The third kappa shape index (κ3) is 3.58. The average molecular weight is 226 g/mol. The molecule has 0 aliphatic carbocycles. The number of aliphatic hydroxyl groups excluding tert-OH is 1. The Morgan fingerprint density at radius 3 is 2.53 bits per heavy atom. The summed E-state index contributed by atoms with van der Waals surface area (Å²) in [4.78, 5) is 0. The lowest BCUT2D eigenvalue weighted by atomic mass is 10.1. The van der Waals surface area contributed by atoms with E-state index in [2.05, 4.69) is 11.2 Å². The Hall–Kier alpha value is -0.980. The number of benzene rings is 1. The lowest BCUT2D eigenvalue weighted by Crippen LogP contribution is -1.93. The highest BCUT2D eigenvalue weighted by atomic mass is 32.3. The molecular weight excluding hydrogens is 211 g/mol. The fraction of sp³-hybridized carbons (Fsp3) is 0.333. The lowest BCUT2D eigenvalue weighted by Gasteiger charge is -2.14. The molecule has 82 valence electrons. The number of aliphatic hydroxyl groups is 1. The van der Waals surface area contributed by atoms with Crippen LogP contribution in [-0.4, -0.2) is 23.9 Å². The zero-order valence-electron chi connectivity index (χ0n) is 9.17. The van der Waals surface area contributed by atoms with Gasteiger partial charge >= 0.3 is 0 Å². The van der Waals surface area contributed by atoms with Crippen LogP contribution in [0.3, 0.4) is 0 Å². The SMILES string of the molecule is CS(C)(C)C#Cc1cccc(CO)c1F. The van der Waals surface area contributed by atoms with Crippen molar-refractivity contribution in [3.63, 3.8) is 0 Å². The summed E-state index contributed by atoms with van der Waals surface area (Å²) in [5, 5.41) is 11.9. The zero-order valence-corrected chi connectivity index (χ0v) is 9.99. The normalized spacial score (nSPS) is 11.8. The topological polar surface area (TPSA) is 20.2 Å². The van der Waals surface area contributed by atoms with Crippen LogP contribution in [0.2, 0.25) is 0 Å². The van der Waals surface area contributed by atoms with E-state index in [1.807, 2.05) is 18.8 Å². The van der Waals surface area contributed by atoms with Crippen LogP contribution in [0, 0.1) is 17.0 Å². The molecule has 0 atom stereocenters. The molecule has 0 amide bonds. The van der Waals surface area contributed by atoms with Gasteiger partial charge in [0.2, 0.25) is 0 Å². The molecule has 1 aromatic carbocycles. The monoisotopic (exact) mass is 226 g/mol.